The van der Waals surface area contributed by atoms with E-state index < -0.39 is 6.10 Å². The largest absolute Gasteiger partial charge is 0.391 e. The van der Waals surface area contributed by atoms with E-state index in [1.54, 1.807) is 6.07 Å². The Balaban J connectivity index is 1.96. The summed E-state index contributed by atoms with van der Waals surface area (Å²) in [6, 6.07) is 5.61. The lowest BCUT2D eigenvalue weighted by Crippen LogP contribution is -2.33. The predicted molar refractivity (Wildman–Crippen MR) is 69.9 cm³/mol. The number of hydrogen-bond donors (Lipinski definition) is 2. The van der Waals surface area contributed by atoms with Gasteiger partial charge in [0.1, 0.15) is 0 Å². The second-order valence-electron chi connectivity index (χ2n) is 4.57. The van der Waals surface area contributed by atoms with Crippen molar-refractivity contribution in [3.8, 4) is 0 Å². The number of carbonyl (C=O) groups excluding carboxylic acids is 1. The molecule has 0 heterocycles. The lowest BCUT2D eigenvalue weighted by Gasteiger charge is -2.12. The van der Waals surface area contributed by atoms with Crippen molar-refractivity contribution in [1.29, 1.82) is 0 Å². The number of aryl methyl sites for hydroxylation is 1. The SMILES string of the molecule is Cc1ccc(Br)cc1C(=O)NCC(O)C1CC1. The van der Waals surface area contributed by atoms with E-state index >= 15 is 0 Å². The van der Waals surface area contributed by atoms with Crippen molar-refractivity contribution >= 4 is 21.8 Å². The van der Waals surface area contributed by atoms with Crippen LogP contribution in [0.15, 0.2) is 22.7 Å². The molecule has 0 aromatic heterocycles. The first-order chi connectivity index (χ1) is 8.08. The van der Waals surface area contributed by atoms with Gasteiger partial charge in [-0.3, -0.25) is 4.79 Å². The van der Waals surface area contributed by atoms with E-state index in [4.69, 9.17) is 0 Å². The Kier molecular flexibility index (Phi) is 3.84. The number of aliphatic hydroxyl groups excluding tert-OH is 1. The summed E-state index contributed by atoms with van der Waals surface area (Å²) in [4.78, 5) is 11.9. The maximum atomic E-state index is 11.9. The zero-order valence-corrected chi connectivity index (χ0v) is 11.3. The third kappa shape index (κ3) is 3.30. The maximum absolute atomic E-state index is 11.9. The summed E-state index contributed by atoms with van der Waals surface area (Å²) in [5.74, 6) is 0.266. The standard InChI is InChI=1S/C13H16BrNO2/c1-8-2-5-10(14)6-11(8)13(17)15-7-12(16)9-3-4-9/h2,5-6,9,12,16H,3-4,7H2,1H3,(H,15,17). The van der Waals surface area contributed by atoms with Gasteiger partial charge in [0.05, 0.1) is 6.10 Å². The second-order valence-corrected chi connectivity index (χ2v) is 5.49. The van der Waals surface area contributed by atoms with E-state index in [1.165, 1.54) is 0 Å². The Bertz CT molecular complexity index is 429. The van der Waals surface area contributed by atoms with Gasteiger partial charge >= 0.3 is 0 Å². The fourth-order valence-corrected chi connectivity index (χ4v) is 2.14. The number of aliphatic hydroxyl groups is 1. The van der Waals surface area contributed by atoms with Crippen LogP contribution in [-0.4, -0.2) is 23.7 Å². The van der Waals surface area contributed by atoms with Gasteiger partial charge in [0.25, 0.3) is 5.91 Å². The molecule has 0 aliphatic heterocycles. The Morgan fingerprint density at radius 1 is 1.59 bits per heavy atom. The number of carbonyl (C=O) groups is 1. The lowest BCUT2D eigenvalue weighted by atomic mass is 10.1. The highest BCUT2D eigenvalue weighted by Gasteiger charge is 2.29. The molecule has 2 rings (SSSR count). The van der Waals surface area contributed by atoms with Gasteiger partial charge in [0, 0.05) is 16.6 Å². The van der Waals surface area contributed by atoms with Crippen molar-refractivity contribution in [2.24, 2.45) is 5.92 Å². The molecule has 0 spiro atoms. The molecular formula is C13H16BrNO2. The van der Waals surface area contributed by atoms with Crippen LogP contribution >= 0.6 is 15.9 Å². The minimum Gasteiger partial charge on any atom is -0.391 e. The summed E-state index contributed by atoms with van der Waals surface area (Å²) in [5.41, 5.74) is 1.59. The molecule has 1 unspecified atom stereocenters. The Labute approximate surface area is 109 Å². The molecule has 1 aliphatic carbocycles. The zero-order chi connectivity index (χ0) is 12.4. The van der Waals surface area contributed by atoms with Crippen LogP contribution in [-0.2, 0) is 0 Å². The molecular weight excluding hydrogens is 282 g/mol. The molecule has 0 saturated heterocycles. The molecule has 1 aromatic carbocycles. The van der Waals surface area contributed by atoms with E-state index in [0.717, 1.165) is 22.9 Å². The van der Waals surface area contributed by atoms with Crippen LogP contribution in [0.1, 0.15) is 28.8 Å². The van der Waals surface area contributed by atoms with Crippen LogP contribution in [0.4, 0.5) is 0 Å². The normalized spacial score (nSPS) is 16.6. The molecule has 1 aliphatic rings. The van der Waals surface area contributed by atoms with Crippen molar-refractivity contribution in [3.05, 3.63) is 33.8 Å². The molecule has 17 heavy (non-hydrogen) atoms. The van der Waals surface area contributed by atoms with Crippen molar-refractivity contribution in [3.63, 3.8) is 0 Å². The van der Waals surface area contributed by atoms with Crippen LogP contribution in [0.5, 0.6) is 0 Å². The monoisotopic (exact) mass is 297 g/mol. The predicted octanol–water partition coefficient (Wildman–Crippen LogP) is 2.26. The summed E-state index contributed by atoms with van der Waals surface area (Å²) in [5, 5.41) is 12.5. The van der Waals surface area contributed by atoms with E-state index in [9.17, 15) is 9.90 Å². The number of hydrogen-bond acceptors (Lipinski definition) is 2. The lowest BCUT2D eigenvalue weighted by molar-refractivity contribution is 0.0900. The van der Waals surface area contributed by atoms with Crippen molar-refractivity contribution < 1.29 is 9.90 Å². The van der Waals surface area contributed by atoms with Gasteiger partial charge in [0.2, 0.25) is 0 Å². The Morgan fingerprint density at radius 2 is 2.29 bits per heavy atom. The number of rotatable bonds is 4. The van der Waals surface area contributed by atoms with E-state index in [1.807, 2.05) is 19.1 Å². The summed E-state index contributed by atoms with van der Waals surface area (Å²) >= 11 is 3.35. The minimum absolute atomic E-state index is 0.122. The smallest absolute Gasteiger partial charge is 0.251 e. The van der Waals surface area contributed by atoms with Gasteiger partial charge < -0.3 is 10.4 Å². The zero-order valence-electron chi connectivity index (χ0n) is 9.74. The Morgan fingerprint density at radius 3 is 2.94 bits per heavy atom. The van der Waals surface area contributed by atoms with Gasteiger partial charge in [-0.25, -0.2) is 0 Å². The fraction of sp³-hybridized carbons (Fsp3) is 0.462. The number of nitrogens with one attached hydrogen (secondary N) is 1. The van der Waals surface area contributed by atoms with Gasteiger partial charge in [-0.15, -0.1) is 0 Å². The molecule has 0 bridgehead atoms. The summed E-state index contributed by atoms with van der Waals surface area (Å²) in [7, 11) is 0. The quantitative estimate of drug-likeness (QED) is 0.896. The first kappa shape index (κ1) is 12.6. The molecule has 1 saturated carbocycles. The van der Waals surface area contributed by atoms with Crippen molar-refractivity contribution in [1.82, 2.24) is 5.32 Å². The molecule has 1 amide bonds. The molecule has 4 heteroatoms. The van der Waals surface area contributed by atoms with Gasteiger partial charge in [-0.1, -0.05) is 22.0 Å². The van der Waals surface area contributed by atoms with Gasteiger partial charge in [-0.05, 0) is 43.4 Å². The van der Waals surface area contributed by atoms with E-state index in [-0.39, 0.29) is 5.91 Å². The van der Waals surface area contributed by atoms with E-state index in [0.29, 0.717) is 18.0 Å². The van der Waals surface area contributed by atoms with Crippen LogP contribution in [0.25, 0.3) is 0 Å². The molecule has 1 fully saturated rings. The fourth-order valence-electron chi connectivity index (χ4n) is 1.78. The average Bonchev–Trinajstić information content (AvgIpc) is 3.12. The molecule has 0 radical (unpaired) electrons. The summed E-state index contributed by atoms with van der Waals surface area (Å²) in [6.45, 7) is 2.24. The molecule has 3 nitrogen and oxygen atoms in total. The minimum atomic E-state index is -0.397. The summed E-state index contributed by atoms with van der Waals surface area (Å²) < 4.78 is 0.885. The van der Waals surface area contributed by atoms with Crippen molar-refractivity contribution in [2.45, 2.75) is 25.9 Å². The second kappa shape index (κ2) is 5.19. The van der Waals surface area contributed by atoms with Crippen molar-refractivity contribution in [2.75, 3.05) is 6.54 Å². The highest BCUT2D eigenvalue weighted by atomic mass is 79.9. The highest BCUT2D eigenvalue weighted by molar-refractivity contribution is 9.10. The number of benzene rings is 1. The molecule has 1 atom stereocenters. The molecule has 92 valence electrons. The highest BCUT2D eigenvalue weighted by Crippen LogP contribution is 2.32. The Hall–Kier alpha value is -0.870. The van der Waals surface area contributed by atoms with Crippen LogP contribution in [0.2, 0.25) is 0 Å². The number of amides is 1. The third-order valence-electron chi connectivity index (χ3n) is 3.08. The molecule has 2 N–H and O–H groups in total. The van der Waals surface area contributed by atoms with E-state index in [2.05, 4.69) is 21.2 Å². The summed E-state index contributed by atoms with van der Waals surface area (Å²) in [6.07, 6.45) is 1.76. The van der Waals surface area contributed by atoms with Crippen LogP contribution < -0.4 is 5.32 Å². The van der Waals surface area contributed by atoms with Gasteiger partial charge in [-0.2, -0.15) is 0 Å². The average molecular weight is 298 g/mol. The third-order valence-corrected chi connectivity index (χ3v) is 3.58. The van der Waals surface area contributed by atoms with Gasteiger partial charge in [0.15, 0.2) is 0 Å². The molecule has 1 aromatic rings. The first-order valence-electron chi connectivity index (χ1n) is 5.80. The maximum Gasteiger partial charge on any atom is 0.251 e. The first-order valence-corrected chi connectivity index (χ1v) is 6.59. The van der Waals surface area contributed by atoms with Crippen LogP contribution in [0, 0.1) is 12.8 Å². The van der Waals surface area contributed by atoms with Crippen LogP contribution in [0.3, 0.4) is 0 Å². The number of halogens is 1. The topological polar surface area (TPSA) is 49.3 Å².